The molecule has 10 nitrogen and oxygen atoms in total. The van der Waals surface area contributed by atoms with Crippen LogP contribution in [0.5, 0.6) is 0 Å². The number of nitrogens with two attached hydrogens (primary N) is 1. The smallest absolute Gasteiger partial charge is 0.323 e. The van der Waals surface area contributed by atoms with Gasteiger partial charge in [0.05, 0.1) is 26.0 Å². The number of urea groups is 1. The highest BCUT2D eigenvalue weighted by Crippen LogP contribution is 2.19. The Morgan fingerprint density at radius 2 is 1.53 bits per heavy atom. The molecule has 0 saturated carbocycles. The van der Waals surface area contributed by atoms with Gasteiger partial charge in [0.1, 0.15) is 6.04 Å². The lowest BCUT2D eigenvalue weighted by atomic mass is 10.0. The number of hydrogen-bond acceptors (Lipinski definition) is 6. The summed E-state index contributed by atoms with van der Waals surface area (Å²) in [6, 6.07) is 20.1. The van der Waals surface area contributed by atoms with Crippen molar-refractivity contribution in [1.82, 2.24) is 10.6 Å². The number of anilines is 2. The van der Waals surface area contributed by atoms with Gasteiger partial charge >= 0.3 is 12.0 Å². The summed E-state index contributed by atoms with van der Waals surface area (Å²) in [7, 11) is 1.30. The van der Waals surface area contributed by atoms with Crippen molar-refractivity contribution in [3.05, 3.63) is 95.1 Å². The van der Waals surface area contributed by atoms with Gasteiger partial charge in [-0.05, 0) is 74.5 Å². The highest BCUT2D eigenvalue weighted by Gasteiger charge is 2.25. The van der Waals surface area contributed by atoms with E-state index in [1.807, 2.05) is 62.4 Å². The molecule has 6 N–H and O–H groups in total. The Morgan fingerprint density at radius 3 is 2.19 bits per heavy atom. The summed E-state index contributed by atoms with van der Waals surface area (Å²) < 4.78 is 4.84. The molecule has 0 aromatic heterocycles. The van der Waals surface area contributed by atoms with Gasteiger partial charge in [-0.25, -0.2) is 4.79 Å². The minimum atomic E-state index is -0.810. The first-order valence-corrected chi connectivity index (χ1v) is 14.3. The van der Waals surface area contributed by atoms with Crippen LogP contribution in [0.25, 0.3) is 0 Å². The van der Waals surface area contributed by atoms with E-state index in [-0.39, 0.29) is 30.7 Å². The lowest BCUT2D eigenvalue weighted by molar-refractivity contribution is -0.141. The summed E-state index contributed by atoms with van der Waals surface area (Å²) in [5.41, 5.74) is 10.4. The minimum Gasteiger partial charge on any atom is -0.469 e. The number of ether oxygens (including phenoxy) is 1. The van der Waals surface area contributed by atoms with Crippen molar-refractivity contribution >= 4 is 35.2 Å². The third-order valence-electron chi connectivity index (χ3n) is 6.96. The molecule has 4 amide bonds. The number of nitrogens with one attached hydrogen (secondary N) is 4. The second kappa shape index (κ2) is 16.7. The van der Waals surface area contributed by atoms with Crippen LogP contribution in [0.1, 0.15) is 54.0 Å². The van der Waals surface area contributed by atoms with Crippen molar-refractivity contribution in [3.63, 3.8) is 0 Å². The topological polar surface area (TPSA) is 152 Å². The third-order valence-corrected chi connectivity index (χ3v) is 6.96. The summed E-state index contributed by atoms with van der Waals surface area (Å²) in [5, 5.41) is 11.4. The number of para-hydroxylation sites is 1. The fraction of sp³-hybridized carbons (Fsp3) is 0.333. The predicted octanol–water partition coefficient (Wildman–Crippen LogP) is 4.52. The molecular weight excluding hydrogens is 546 g/mol. The van der Waals surface area contributed by atoms with Crippen molar-refractivity contribution in [2.24, 2.45) is 5.73 Å². The van der Waals surface area contributed by atoms with Crippen LogP contribution in [0.4, 0.5) is 16.2 Å². The number of methoxy groups -OCH3 is 1. The van der Waals surface area contributed by atoms with Gasteiger partial charge in [0.15, 0.2) is 0 Å². The zero-order chi connectivity index (χ0) is 31.2. The number of esters is 1. The summed E-state index contributed by atoms with van der Waals surface area (Å²) in [5.74, 6) is -1.18. The molecule has 0 radical (unpaired) electrons. The first-order chi connectivity index (χ1) is 20.7. The second-order valence-corrected chi connectivity index (χ2v) is 10.4. The van der Waals surface area contributed by atoms with E-state index in [1.54, 1.807) is 24.3 Å². The van der Waals surface area contributed by atoms with Crippen LogP contribution in [-0.2, 0) is 25.5 Å². The highest BCUT2D eigenvalue weighted by molar-refractivity contribution is 6.00. The Balaban J connectivity index is 1.62. The molecule has 0 aliphatic rings. The number of amides is 4. The Labute approximate surface area is 252 Å². The van der Waals surface area contributed by atoms with Gasteiger partial charge in [-0.3, -0.25) is 14.4 Å². The van der Waals surface area contributed by atoms with E-state index in [9.17, 15) is 19.2 Å². The average Bonchev–Trinajstić information content (AvgIpc) is 2.99. The Bertz CT molecular complexity index is 1380. The van der Waals surface area contributed by atoms with E-state index in [2.05, 4.69) is 21.3 Å². The van der Waals surface area contributed by atoms with Gasteiger partial charge in [0.2, 0.25) is 11.8 Å². The van der Waals surface area contributed by atoms with Gasteiger partial charge in [0.25, 0.3) is 0 Å². The van der Waals surface area contributed by atoms with E-state index in [4.69, 9.17) is 10.5 Å². The van der Waals surface area contributed by atoms with Crippen molar-refractivity contribution < 1.29 is 23.9 Å². The summed E-state index contributed by atoms with van der Waals surface area (Å²) in [6.45, 7) is 4.33. The van der Waals surface area contributed by atoms with Crippen LogP contribution in [0.15, 0.2) is 72.8 Å². The molecular formula is C33H41N5O5. The SMILES string of the molecule is COC(=O)C[C@H](NC(=O)[C@H](CCCCN)NC(=O)Cc1ccc(NC(=O)Nc2ccccc2C)cc1)c1ccc(C)cc1. The molecule has 0 heterocycles. The lowest BCUT2D eigenvalue weighted by Gasteiger charge is -2.23. The summed E-state index contributed by atoms with van der Waals surface area (Å²) in [4.78, 5) is 50.9. The van der Waals surface area contributed by atoms with Gasteiger partial charge in [-0.1, -0.05) is 60.2 Å². The molecule has 3 aromatic rings. The number of rotatable bonds is 14. The first kappa shape index (κ1) is 32.8. The average molecular weight is 588 g/mol. The van der Waals surface area contributed by atoms with E-state index in [0.29, 0.717) is 42.7 Å². The number of unbranched alkanes of at least 4 members (excludes halogenated alkanes) is 1. The fourth-order valence-corrected chi connectivity index (χ4v) is 4.47. The van der Waals surface area contributed by atoms with Crippen LogP contribution in [0, 0.1) is 13.8 Å². The number of hydrogen-bond donors (Lipinski definition) is 5. The molecule has 0 saturated heterocycles. The zero-order valence-corrected chi connectivity index (χ0v) is 24.9. The van der Waals surface area contributed by atoms with Crippen molar-refractivity contribution in [2.45, 2.75) is 58.0 Å². The molecule has 228 valence electrons. The van der Waals surface area contributed by atoms with E-state index >= 15 is 0 Å². The molecule has 0 aliphatic carbocycles. The maximum Gasteiger partial charge on any atom is 0.323 e. The Morgan fingerprint density at radius 1 is 0.837 bits per heavy atom. The van der Waals surface area contributed by atoms with Crippen LogP contribution in [0.2, 0.25) is 0 Å². The Kier molecular flexibility index (Phi) is 12.7. The van der Waals surface area contributed by atoms with Gasteiger partial charge in [-0.15, -0.1) is 0 Å². The maximum atomic E-state index is 13.4. The molecule has 0 fully saturated rings. The zero-order valence-electron chi connectivity index (χ0n) is 24.9. The molecule has 3 aromatic carbocycles. The predicted molar refractivity (Wildman–Crippen MR) is 167 cm³/mol. The van der Waals surface area contributed by atoms with Gasteiger partial charge < -0.3 is 31.7 Å². The van der Waals surface area contributed by atoms with Gasteiger partial charge in [0, 0.05) is 11.4 Å². The van der Waals surface area contributed by atoms with Crippen LogP contribution in [0.3, 0.4) is 0 Å². The molecule has 10 heteroatoms. The van der Waals surface area contributed by atoms with Crippen LogP contribution in [-0.4, -0.2) is 43.5 Å². The normalized spacial score (nSPS) is 12.0. The van der Waals surface area contributed by atoms with Gasteiger partial charge in [-0.2, -0.15) is 0 Å². The fourth-order valence-electron chi connectivity index (χ4n) is 4.47. The summed E-state index contributed by atoms with van der Waals surface area (Å²) in [6.07, 6.45) is 1.74. The van der Waals surface area contributed by atoms with Crippen molar-refractivity contribution in [2.75, 3.05) is 24.3 Å². The van der Waals surface area contributed by atoms with Crippen LogP contribution >= 0.6 is 0 Å². The third kappa shape index (κ3) is 10.9. The number of benzene rings is 3. The molecule has 43 heavy (non-hydrogen) atoms. The molecule has 2 atom stereocenters. The number of carbonyl (C=O) groups is 4. The molecule has 0 bridgehead atoms. The summed E-state index contributed by atoms with van der Waals surface area (Å²) >= 11 is 0. The monoisotopic (exact) mass is 587 g/mol. The Hall–Kier alpha value is -4.70. The molecule has 0 spiro atoms. The lowest BCUT2D eigenvalue weighted by Crippen LogP contribution is -2.48. The van der Waals surface area contributed by atoms with Crippen LogP contribution < -0.4 is 27.0 Å². The second-order valence-electron chi connectivity index (χ2n) is 10.4. The van der Waals surface area contributed by atoms with Crippen molar-refractivity contribution in [1.29, 1.82) is 0 Å². The van der Waals surface area contributed by atoms with E-state index in [0.717, 1.165) is 16.7 Å². The standard InChI is InChI=1S/C33H41N5O5/c1-22-11-15-25(16-12-22)29(21-31(40)43-3)37-32(41)28(10-6-7-19-34)36-30(39)20-24-13-17-26(18-14-24)35-33(42)38-27-9-5-4-8-23(27)2/h4-5,8-9,11-18,28-29H,6-7,10,19-21,34H2,1-3H3,(H,36,39)(H,37,41)(H2,35,38,42)/t28-,29-/m0/s1. The van der Waals surface area contributed by atoms with E-state index < -0.39 is 18.1 Å². The molecule has 0 aliphatic heterocycles. The maximum absolute atomic E-state index is 13.4. The quantitative estimate of drug-likeness (QED) is 0.138. The number of carbonyl (C=O) groups excluding carboxylic acids is 4. The van der Waals surface area contributed by atoms with E-state index in [1.165, 1.54) is 7.11 Å². The molecule has 3 rings (SSSR count). The van der Waals surface area contributed by atoms with Crippen molar-refractivity contribution in [3.8, 4) is 0 Å². The molecule has 0 unspecified atom stereocenters. The largest absolute Gasteiger partial charge is 0.469 e. The minimum absolute atomic E-state index is 0.0416. The highest BCUT2D eigenvalue weighted by atomic mass is 16.5. The number of aryl methyl sites for hydroxylation is 2. The first-order valence-electron chi connectivity index (χ1n) is 14.3.